The average Bonchev–Trinajstić information content (AvgIpc) is 3.11. The Hall–Kier alpha value is -2.27. The van der Waals surface area contributed by atoms with Crippen LogP contribution in [0.2, 0.25) is 0 Å². The first-order valence-corrected chi connectivity index (χ1v) is 9.06. The van der Waals surface area contributed by atoms with Crippen LogP contribution in [0.4, 0.5) is 11.4 Å². The number of hydrogen-bond donors (Lipinski definition) is 2. The van der Waals surface area contributed by atoms with Gasteiger partial charge in [0.05, 0.1) is 16.9 Å². The van der Waals surface area contributed by atoms with E-state index in [-0.39, 0.29) is 6.04 Å². The lowest BCUT2D eigenvalue weighted by Gasteiger charge is -2.22. The number of Topliss-reactive ketones (excluding diaryl/α,β-unsaturated/α-hetero) is 1. The van der Waals surface area contributed by atoms with Crippen molar-refractivity contribution in [1.29, 1.82) is 0 Å². The Morgan fingerprint density at radius 3 is 2.58 bits per heavy atom. The van der Waals surface area contributed by atoms with Crippen molar-refractivity contribution in [3.8, 4) is 0 Å². The van der Waals surface area contributed by atoms with Crippen molar-refractivity contribution in [2.24, 2.45) is 0 Å². The van der Waals surface area contributed by atoms with Crippen LogP contribution in [0.5, 0.6) is 0 Å². The molecule has 0 aromatic heterocycles. The molecule has 0 unspecified atom stereocenters. The van der Waals surface area contributed by atoms with Gasteiger partial charge >= 0.3 is 0 Å². The molecule has 2 aliphatic rings. The summed E-state index contributed by atoms with van der Waals surface area (Å²) in [5.74, 6) is -0.966. The van der Waals surface area contributed by atoms with Crippen molar-refractivity contribution in [3.63, 3.8) is 0 Å². The lowest BCUT2D eigenvalue weighted by molar-refractivity contribution is -0.117. The van der Waals surface area contributed by atoms with E-state index in [0.29, 0.717) is 5.56 Å². The van der Waals surface area contributed by atoms with Crippen molar-refractivity contribution >= 4 is 34.8 Å². The Kier molecular flexibility index (Phi) is 4.02. The number of amides is 1. The highest BCUT2D eigenvalue weighted by atomic mass is 32.2. The molecule has 1 aliphatic carbocycles. The summed E-state index contributed by atoms with van der Waals surface area (Å²) in [7, 11) is 0. The maximum Gasteiger partial charge on any atom is 0.292 e. The van der Waals surface area contributed by atoms with Crippen LogP contribution in [0.15, 0.2) is 52.3 Å². The first kappa shape index (κ1) is 15.3. The summed E-state index contributed by atoms with van der Waals surface area (Å²) in [5, 5.41) is 6.20. The number of para-hydroxylation sites is 2. The van der Waals surface area contributed by atoms with Gasteiger partial charge < -0.3 is 10.6 Å². The van der Waals surface area contributed by atoms with Crippen LogP contribution in [-0.2, 0) is 4.79 Å². The minimum Gasteiger partial charge on any atom is -0.353 e. The Morgan fingerprint density at radius 1 is 1.00 bits per heavy atom. The van der Waals surface area contributed by atoms with E-state index in [1.165, 1.54) is 0 Å². The van der Waals surface area contributed by atoms with Crippen LogP contribution < -0.4 is 10.6 Å². The van der Waals surface area contributed by atoms with E-state index in [1.807, 2.05) is 36.4 Å². The molecule has 0 radical (unpaired) electrons. The highest BCUT2D eigenvalue weighted by Gasteiger charge is 2.27. The van der Waals surface area contributed by atoms with Crippen molar-refractivity contribution in [2.45, 2.75) is 41.5 Å². The van der Waals surface area contributed by atoms with Gasteiger partial charge in [0.1, 0.15) is 0 Å². The largest absolute Gasteiger partial charge is 0.353 e. The minimum absolute atomic E-state index is 0.143. The second-order valence-electron chi connectivity index (χ2n) is 6.19. The third kappa shape index (κ3) is 2.80. The molecule has 1 amide bonds. The van der Waals surface area contributed by atoms with E-state index in [1.54, 1.807) is 17.8 Å². The highest BCUT2D eigenvalue weighted by molar-refractivity contribution is 7.99. The number of rotatable bonds is 3. The molecule has 1 heterocycles. The van der Waals surface area contributed by atoms with Gasteiger partial charge in [-0.1, -0.05) is 42.8 Å². The molecular weight excluding hydrogens is 320 g/mol. The van der Waals surface area contributed by atoms with Crippen LogP contribution in [0.3, 0.4) is 0 Å². The van der Waals surface area contributed by atoms with Crippen LogP contribution in [0.1, 0.15) is 36.0 Å². The van der Waals surface area contributed by atoms with Gasteiger partial charge in [0.15, 0.2) is 0 Å². The predicted octanol–water partition coefficient (Wildman–Crippen LogP) is 4.14. The molecule has 0 bridgehead atoms. The molecule has 4 rings (SSSR count). The maximum absolute atomic E-state index is 12.7. The molecule has 1 saturated carbocycles. The summed E-state index contributed by atoms with van der Waals surface area (Å²) in [6.45, 7) is 0. The SMILES string of the molecule is O=C(NC1CCCC1)C(=O)c1cccc2c1Nc1ccccc1S2. The van der Waals surface area contributed by atoms with Crippen molar-refractivity contribution in [1.82, 2.24) is 5.32 Å². The van der Waals surface area contributed by atoms with Gasteiger partial charge in [0.2, 0.25) is 0 Å². The van der Waals surface area contributed by atoms with Crippen molar-refractivity contribution in [2.75, 3.05) is 5.32 Å². The smallest absolute Gasteiger partial charge is 0.292 e. The van der Waals surface area contributed by atoms with Crippen LogP contribution in [-0.4, -0.2) is 17.7 Å². The summed E-state index contributed by atoms with van der Waals surface area (Å²) < 4.78 is 0. The van der Waals surface area contributed by atoms with Crippen LogP contribution in [0, 0.1) is 0 Å². The van der Waals surface area contributed by atoms with E-state index in [4.69, 9.17) is 0 Å². The fourth-order valence-electron chi connectivity index (χ4n) is 3.29. The van der Waals surface area contributed by atoms with Crippen molar-refractivity contribution in [3.05, 3.63) is 48.0 Å². The fraction of sp³-hybridized carbons (Fsp3) is 0.263. The Balaban J connectivity index is 1.61. The molecule has 2 aromatic carbocycles. The Morgan fingerprint density at radius 2 is 1.75 bits per heavy atom. The van der Waals surface area contributed by atoms with Crippen molar-refractivity contribution < 1.29 is 9.59 Å². The number of carbonyl (C=O) groups excluding carboxylic acids is 2. The molecule has 1 fully saturated rings. The zero-order chi connectivity index (χ0) is 16.5. The van der Waals surface area contributed by atoms with Gasteiger partial charge in [0.25, 0.3) is 11.7 Å². The number of hydrogen-bond acceptors (Lipinski definition) is 4. The molecule has 2 aromatic rings. The molecule has 5 heteroatoms. The number of fused-ring (bicyclic) bond motifs is 2. The standard InChI is InChI=1S/C19H18N2O2S/c22-18(19(23)20-12-6-1-2-7-12)13-8-5-11-16-17(13)21-14-9-3-4-10-15(14)24-16/h3-5,8-12,21H,1-2,6-7H2,(H,20,23). The molecule has 122 valence electrons. The first-order chi connectivity index (χ1) is 11.7. The molecule has 24 heavy (non-hydrogen) atoms. The Labute approximate surface area is 145 Å². The summed E-state index contributed by atoms with van der Waals surface area (Å²) >= 11 is 1.61. The second kappa shape index (κ2) is 6.32. The topological polar surface area (TPSA) is 58.2 Å². The molecule has 0 atom stereocenters. The lowest BCUT2D eigenvalue weighted by Crippen LogP contribution is -2.38. The molecule has 0 spiro atoms. The third-order valence-electron chi connectivity index (χ3n) is 4.53. The molecule has 1 aliphatic heterocycles. The summed E-state index contributed by atoms with van der Waals surface area (Å²) in [4.78, 5) is 27.1. The third-order valence-corrected chi connectivity index (χ3v) is 5.67. The Bertz CT molecular complexity index is 813. The summed E-state index contributed by atoms with van der Waals surface area (Å²) in [6.07, 6.45) is 4.17. The zero-order valence-corrected chi connectivity index (χ0v) is 14.0. The van der Waals surface area contributed by atoms with Gasteiger partial charge in [-0.3, -0.25) is 9.59 Å². The van der Waals surface area contributed by atoms with E-state index < -0.39 is 11.7 Å². The highest BCUT2D eigenvalue weighted by Crippen LogP contribution is 2.45. The lowest BCUT2D eigenvalue weighted by atomic mass is 10.1. The van der Waals surface area contributed by atoms with E-state index in [0.717, 1.165) is 46.8 Å². The summed E-state index contributed by atoms with van der Waals surface area (Å²) in [6, 6.07) is 13.6. The average molecular weight is 338 g/mol. The molecular formula is C19H18N2O2S. The van der Waals surface area contributed by atoms with E-state index >= 15 is 0 Å². The quantitative estimate of drug-likeness (QED) is 0.557. The molecule has 4 nitrogen and oxygen atoms in total. The van der Waals surface area contributed by atoms with Gasteiger partial charge in [-0.2, -0.15) is 0 Å². The van der Waals surface area contributed by atoms with Gasteiger partial charge in [0, 0.05) is 15.8 Å². The fourth-order valence-corrected chi connectivity index (χ4v) is 4.31. The van der Waals surface area contributed by atoms with E-state index in [9.17, 15) is 9.59 Å². The normalized spacial score (nSPS) is 16.0. The predicted molar refractivity (Wildman–Crippen MR) is 95.0 cm³/mol. The number of ketones is 1. The molecule has 2 N–H and O–H groups in total. The number of anilines is 2. The van der Waals surface area contributed by atoms with Gasteiger partial charge in [-0.05, 0) is 37.1 Å². The monoisotopic (exact) mass is 338 g/mol. The first-order valence-electron chi connectivity index (χ1n) is 8.24. The van der Waals surface area contributed by atoms with Gasteiger partial charge in [-0.25, -0.2) is 0 Å². The minimum atomic E-state index is -0.499. The van der Waals surface area contributed by atoms with Crippen LogP contribution in [0.25, 0.3) is 0 Å². The number of carbonyl (C=O) groups is 2. The van der Waals surface area contributed by atoms with Crippen LogP contribution >= 0.6 is 11.8 Å². The number of benzene rings is 2. The zero-order valence-electron chi connectivity index (χ0n) is 13.2. The summed E-state index contributed by atoms with van der Waals surface area (Å²) in [5.41, 5.74) is 2.13. The maximum atomic E-state index is 12.7. The van der Waals surface area contributed by atoms with E-state index in [2.05, 4.69) is 10.6 Å². The van der Waals surface area contributed by atoms with Gasteiger partial charge in [-0.15, -0.1) is 0 Å². The second-order valence-corrected chi connectivity index (χ2v) is 7.27. The molecule has 0 saturated heterocycles. The number of nitrogens with one attached hydrogen (secondary N) is 2.